The zero-order chi connectivity index (χ0) is 12.1. The minimum Gasteiger partial charge on any atom is -0.352 e. The molecule has 0 aliphatic rings. The van der Waals surface area contributed by atoms with E-state index < -0.39 is 21.7 Å². The Kier molecular flexibility index (Phi) is 5.44. The maximum Gasteiger partial charge on any atom is 0.321 e. The van der Waals surface area contributed by atoms with E-state index in [1.54, 1.807) is 6.08 Å². The number of hydrogen-bond acceptors (Lipinski definition) is 4. The maximum atomic E-state index is 10.5. The fraction of sp³-hybridized carbons (Fsp3) is 0.778. The van der Waals surface area contributed by atoms with E-state index >= 15 is 0 Å². The van der Waals surface area contributed by atoms with Gasteiger partial charge in [0, 0.05) is 6.42 Å². The predicted octanol–water partition coefficient (Wildman–Crippen LogP) is 0.895. The highest BCUT2D eigenvalue weighted by molar-refractivity contribution is 7.86. The Bertz CT molecular complexity index is 294. The standard InChI is InChI=1S/C9H18O5S/c1-3-4-5-8(2)6-7-9(10,11)15(12,13)14/h3,8,10-11H,1,4-7H2,2H3,(H,12,13,14). The van der Waals surface area contributed by atoms with Crippen LogP contribution in [0.25, 0.3) is 0 Å². The van der Waals surface area contributed by atoms with Gasteiger partial charge in [-0.2, -0.15) is 8.42 Å². The van der Waals surface area contributed by atoms with Gasteiger partial charge in [0.15, 0.2) is 0 Å². The van der Waals surface area contributed by atoms with Crippen LogP contribution in [-0.4, -0.2) is 28.3 Å². The topological polar surface area (TPSA) is 94.8 Å². The molecule has 0 aliphatic heterocycles. The predicted molar refractivity (Wildman–Crippen MR) is 56.5 cm³/mol. The molecule has 0 radical (unpaired) electrons. The van der Waals surface area contributed by atoms with Crippen molar-refractivity contribution in [3.05, 3.63) is 12.7 Å². The number of allylic oxidation sites excluding steroid dienone is 1. The lowest BCUT2D eigenvalue weighted by Crippen LogP contribution is -2.38. The normalized spacial score (nSPS) is 14.9. The van der Waals surface area contributed by atoms with Gasteiger partial charge in [-0.25, -0.2) is 0 Å². The van der Waals surface area contributed by atoms with Crippen molar-refractivity contribution in [2.45, 2.75) is 37.7 Å². The van der Waals surface area contributed by atoms with Crippen molar-refractivity contribution in [2.75, 3.05) is 0 Å². The molecular weight excluding hydrogens is 220 g/mol. The molecule has 1 unspecified atom stereocenters. The summed E-state index contributed by atoms with van der Waals surface area (Å²) >= 11 is 0. The first-order valence-electron chi connectivity index (χ1n) is 4.73. The largest absolute Gasteiger partial charge is 0.352 e. The minimum atomic E-state index is -4.83. The monoisotopic (exact) mass is 238 g/mol. The number of hydrogen-bond donors (Lipinski definition) is 3. The summed E-state index contributed by atoms with van der Waals surface area (Å²) in [6.07, 6.45) is 3.23. The van der Waals surface area contributed by atoms with Crippen LogP contribution in [-0.2, 0) is 10.1 Å². The zero-order valence-corrected chi connectivity index (χ0v) is 9.57. The molecule has 0 aromatic heterocycles. The average molecular weight is 238 g/mol. The van der Waals surface area contributed by atoms with Crippen LogP contribution in [0.15, 0.2) is 12.7 Å². The first kappa shape index (κ1) is 14.6. The van der Waals surface area contributed by atoms with E-state index in [2.05, 4.69) is 6.58 Å². The summed E-state index contributed by atoms with van der Waals surface area (Å²) in [6.45, 7) is 5.41. The molecule has 0 amide bonds. The lowest BCUT2D eigenvalue weighted by Gasteiger charge is -2.19. The highest BCUT2D eigenvalue weighted by Crippen LogP contribution is 2.21. The van der Waals surface area contributed by atoms with Gasteiger partial charge < -0.3 is 10.2 Å². The highest BCUT2D eigenvalue weighted by Gasteiger charge is 2.38. The highest BCUT2D eigenvalue weighted by atomic mass is 32.2. The Morgan fingerprint density at radius 2 is 1.93 bits per heavy atom. The second-order valence-electron chi connectivity index (χ2n) is 3.73. The quantitative estimate of drug-likeness (QED) is 0.348. The van der Waals surface area contributed by atoms with E-state index in [-0.39, 0.29) is 5.92 Å². The Balaban J connectivity index is 4.10. The zero-order valence-electron chi connectivity index (χ0n) is 8.76. The summed E-state index contributed by atoms with van der Waals surface area (Å²) in [6, 6.07) is 0. The van der Waals surface area contributed by atoms with Gasteiger partial charge >= 0.3 is 10.1 Å². The summed E-state index contributed by atoms with van der Waals surface area (Å²) in [7, 11) is -4.83. The van der Waals surface area contributed by atoms with Crippen molar-refractivity contribution in [1.82, 2.24) is 0 Å². The van der Waals surface area contributed by atoms with Crippen molar-refractivity contribution in [2.24, 2.45) is 5.92 Å². The molecule has 90 valence electrons. The lowest BCUT2D eigenvalue weighted by atomic mass is 10.00. The first-order valence-corrected chi connectivity index (χ1v) is 6.17. The molecule has 0 saturated carbocycles. The van der Waals surface area contributed by atoms with Gasteiger partial charge in [-0.05, 0) is 25.2 Å². The Morgan fingerprint density at radius 1 is 1.40 bits per heavy atom. The van der Waals surface area contributed by atoms with Crippen molar-refractivity contribution < 1.29 is 23.2 Å². The number of aliphatic hydroxyl groups is 2. The second kappa shape index (κ2) is 5.60. The van der Waals surface area contributed by atoms with E-state index in [9.17, 15) is 8.42 Å². The van der Waals surface area contributed by atoms with Crippen LogP contribution in [0.3, 0.4) is 0 Å². The molecule has 0 heterocycles. The Hall–Kier alpha value is -0.430. The van der Waals surface area contributed by atoms with Gasteiger partial charge in [0.2, 0.25) is 0 Å². The Labute approximate surface area is 90.2 Å². The Morgan fingerprint density at radius 3 is 2.33 bits per heavy atom. The molecule has 0 fully saturated rings. The summed E-state index contributed by atoms with van der Waals surface area (Å²) in [5, 5.41) is 15.0. The van der Waals surface area contributed by atoms with Gasteiger partial charge in [-0.3, -0.25) is 4.55 Å². The summed E-state index contributed by atoms with van der Waals surface area (Å²) < 4.78 is 29.5. The van der Waals surface area contributed by atoms with Crippen LogP contribution in [0.4, 0.5) is 0 Å². The number of rotatable bonds is 7. The van der Waals surface area contributed by atoms with Gasteiger partial charge in [0.1, 0.15) is 0 Å². The molecule has 0 aromatic carbocycles. The van der Waals surface area contributed by atoms with E-state index in [4.69, 9.17) is 14.8 Å². The third-order valence-corrected chi connectivity index (χ3v) is 3.27. The van der Waals surface area contributed by atoms with E-state index in [0.717, 1.165) is 12.8 Å². The first-order chi connectivity index (χ1) is 6.70. The van der Waals surface area contributed by atoms with Crippen molar-refractivity contribution in [3.8, 4) is 0 Å². The molecule has 0 saturated heterocycles. The molecule has 0 aliphatic carbocycles. The molecule has 5 nitrogen and oxygen atoms in total. The van der Waals surface area contributed by atoms with Gasteiger partial charge in [0.25, 0.3) is 5.12 Å². The molecular formula is C9H18O5S. The van der Waals surface area contributed by atoms with Crippen LogP contribution < -0.4 is 0 Å². The van der Waals surface area contributed by atoms with E-state index in [1.807, 2.05) is 6.92 Å². The maximum absolute atomic E-state index is 10.5. The molecule has 0 rings (SSSR count). The fourth-order valence-corrected chi connectivity index (χ4v) is 1.49. The molecule has 0 aromatic rings. The third-order valence-electron chi connectivity index (χ3n) is 2.24. The van der Waals surface area contributed by atoms with Crippen LogP contribution in [0, 0.1) is 5.92 Å². The van der Waals surface area contributed by atoms with Gasteiger partial charge in [-0.1, -0.05) is 13.0 Å². The second-order valence-corrected chi connectivity index (χ2v) is 5.33. The van der Waals surface area contributed by atoms with Gasteiger partial charge in [0.05, 0.1) is 0 Å². The minimum absolute atomic E-state index is 0.142. The molecule has 0 spiro atoms. The van der Waals surface area contributed by atoms with Crippen molar-refractivity contribution >= 4 is 10.1 Å². The van der Waals surface area contributed by atoms with Crippen LogP contribution in [0.2, 0.25) is 0 Å². The molecule has 15 heavy (non-hydrogen) atoms. The van der Waals surface area contributed by atoms with E-state index in [0.29, 0.717) is 6.42 Å². The summed E-state index contributed by atoms with van der Waals surface area (Å²) in [4.78, 5) is 0. The third kappa shape index (κ3) is 5.27. The SMILES string of the molecule is C=CCCC(C)CCC(O)(O)S(=O)(=O)O. The van der Waals surface area contributed by atoms with Crippen molar-refractivity contribution in [1.29, 1.82) is 0 Å². The molecule has 1 atom stereocenters. The van der Waals surface area contributed by atoms with Crippen LogP contribution >= 0.6 is 0 Å². The molecule has 3 N–H and O–H groups in total. The average Bonchev–Trinajstić information content (AvgIpc) is 2.09. The summed E-state index contributed by atoms with van der Waals surface area (Å²) in [5.41, 5.74) is 0. The fourth-order valence-electron chi connectivity index (χ4n) is 1.11. The molecule has 6 heteroatoms. The molecule has 0 bridgehead atoms. The van der Waals surface area contributed by atoms with E-state index in [1.165, 1.54) is 0 Å². The smallest absolute Gasteiger partial charge is 0.321 e. The lowest BCUT2D eigenvalue weighted by molar-refractivity contribution is -0.0989. The summed E-state index contributed by atoms with van der Waals surface area (Å²) in [5.74, 6) is 0.142. The van der Waals surface area contributed by atoms with Crippen LogP contribution in [0.5, 0.6) is 0 Å². The van der Waals surface area contributed by atoms with Crippen LogP contribution in [0.1, 0.15) is 32.6 Å². The van der Waals surface area contributed by atoms with Crippen molar-refractivity contribution in [3.63, 3.8) is 0 Å². The van der Waals surface area contributed by atoms with Gasteiger partial charge in [-0.15, -0.1) is 6.58 Å².